The van der Waals surface area contributed by atoms with Gasteiger partial charge in [0.2, 0.25) is 0 Å². The molecule has 0 saturated carbocycles. The van der Waals surface area contributed by atoms with Gasteiger partial charge in [0.05, 0.1) is 26.4 Å². The van der Waals surface area contributed by atoms with Gasteiger partial charge >= 0.3 is 39.5 Å². The summed E-state index contributed by atoms with van der Waals surface area (Å²) in [4.78, 5) is 72.1. The van der Waals surface area contributed by atoms with E-state index >= 15 is 0 Å². The lowest BCUT2D eigenvalue weighted by Crippen LogP contribution is -2.30. The molecule has 0 spiro atoms. The molecule has 86 heavy (non-hydrogen) atoms. The second kappa shape index (κ2) is 59.4. The number of phosphoric acid groups is 2. The summed E-state index contributed by atoms with van der Waals surface area (Å²) in [6, 6.07) is 0. The quantitative estimate of drug-likeness (QED) is 0.0222. The van der Waals surface area contributed by atoms with Crippen LogP contribution < -0.4 is 0 Å². The van der Waals surface area contributed by atoms with E-state index in [1.54, 1.807) is 0 Å². The Balaban J connectivity index is 5.18. The van der Waals surface area contributed by atoms with Crippen LogP contribution in [0, 0.1) is 11.8 Å². The summed E-state index contributed by atoms with van der Waals surface area (Å²) in [5.41, 5.74) is 0. The smallest absolute Gasteiger partial charge is 0.462 e. The molecule has 510 valence electrons. The van der Waals surface area contributed by atoms with Gasteiger partial charge in [0, 0.05) is 25.7 Å². The van der Waals surface area contributed by atoms with E-state index in [1.807, 2.05) is 0 Å². The van der Waals surface area contributed by atoms with E-state index in [0.717, 1.165) is 108 Å². The molecule has 0 amide bonds. The molecule has 0 heterocycles. The van der Waals surface area contributed by atoms with Gasteiger partial charge in [0.25, 0.3) is 0 Å². The number of hydrogen-bond donors (Lipinski definition) is 3. The normalized spacial score (nSPS) is 14.5. The summed E-state index contributed by atoms with van der Waals surface area (Å²) in [6.07, 6.45) is 43.3. The fourth-order valence-electron chi connectivity index (χ4n) is 10.0. The average molecular weight is 1270 g/mol. The lowest BCUT2D eigenvalue weighted by Gasteiger charge is -2.21. The van der Waals surface area contributed by atoms with Crippen LogP contribution in [-0.4, -0.2) is 96.7 Å². The predicted octanol–water partition coefficient (Wildman–Crippen LogP) is 18.8. The van der Waals surface area contributed by atoms with Gasteiger partial charge in [-0.25, -0.2) is 9.13 Å². The number of carbonyl (C=O) groups excluding carboxylic acids is 4. The Morgan fingerprint density at radius 1 is 0.337 bits per heavy atom. The monoisotopic (exact) mass is 1270 g/mol. The third-order valence-corrected chi connectivity index (χ3v) is 17.7. The molecule has 19 heteroatoms. The van der Waals surface area contributed by atoms with E-state index in [2.05, 4.69) is 41.5 Å². The van der Waals surface area contributed by atoms with E-state index in [1.165, 1.54) is 148 Å². The zero-order valence-electron chi connectivity index (χ0n) is 55.6. The molecule has 0 aliphatic heterocycles. The van der Waals surface area contributed by atoms with Gasteiger partial charge in [0.1, 0.15) is 19.3 Å². The molecule has 0 aliphatic rings. The van der Waals surface area contributed by atoms with E-state index in [0.29, 0.717) is 25.7 Å². The topological polar surface area (TPSA) is 237 Å². The lowest BCUT2D eigenvalue weighted by atomic mass is 9.99. The van der Waals surface area contributed by atoms with Gasteiger partial charge in [-0.15, -0.1) is 0 Å². The summed E-state index contributed by atoms with van der Waals surface area (Å²) >= 11 is 0. The summed E-state index contributed by atoms with van der Waals surface area (Å²) in [6.45, 7) is 9.48. The molecule has 0 fully saturated rings. The molecule has 0 aliphatic carbocycles. The van der Waals surface area contributed by atoms with Gasteiger partial charge in [-0.3, -0.25) is 37.3 Å². The summed E-state index contributed by atoms with van der Waals surface area (Å²) < 4.78 is 68.0. The van der Waals surface area contributed by atoms with Crippen molar-refractivity contribution in [2.75, 3.05) is 39.6 Å². The molecule has 3 N–H and O–H groups in total. The molecule has 0 radical (unpaired) electrons. The van der Waals surface area contributed by atoms with Crippen molar-refractivity contribution in [3.63, 3.8) is 0 Å². The number of ether oxygens (including phenoxy) is 4. The molecule has 0 saturated heterocycles. The molecular formula is C67H130O17P2. The molecule has 0 aromatic carbocycles. The number of hydrogen-bond acceptors (Lipinski definition) is 15. The van der Waals surface area contributed by atoms with Crippen LogP contribution in [0.4, 0.5) is 0 Å². The molecule has 0 aromatic heterocycles. The Hall–Kier alpha value is -1.94. The average Bonchev–Trinajstić information content (AvgIpc) is 3.70. The summed E-state index contributed by atoms with van der Waals surface area (Å²) in [7, 11) is -9.88. The number of aliphatic hydroxyl groups excluding tert-OH is 1. The first-order valence-electron chi connectivity index (χ1n) is 35.0. The maximum atomic E-state index is 13.0. The van der Waals surface area contributed by atoms with Gasteiger partial charge in [-0.2, -0.15) is 0 Å². The van der Waals surface area contributed by atoms with Crippen molar-refractivity contribution in [2.24, 2.45) is 11.8 Å². The van der Waals surface area contributed by atoms with Crippen molar-refractivity contribution in [3.05, 3.63) is 0 Å². The first-order valence-corrected chi connectivity index (χ1v) is 38.0. The van der Waals surface area contributed by atoms with Crippen LogP contribution in [0.15, 0.2) is 0 Å². The minimum atomic E-state index is -4.95. The molecule has 0 aromatic rings. The second-order valence-electron chi connectivity index (χ2n) is 24.9. The Morgan fingerprint density at radius 2 is 0.593 bits per heavy atom. The van der Waals surface area contributed by atoms with Crippen LogP contribution in [-0.2, 0) is 65.4 Å². The zero-order chi connectivity index (χ0) is 63.6. The SMILES string of the molecule is CCCCCCCCCCCCCC(=O)O[C@H](COC(=O)CCCCCCC)COP(=O)(O)OC[C@H](O)COP(=O)(O)OC[C@@H](COC(=O)CCCCCCCCCCCCC(C)CC)OC(=O)CCCCCCCCCCCCCCCC(C)C. The molecule has 6 atom stereocenters. The Kier molecular flexibility index (Phi) is 58.0. The first-order chi connectivity index (χ1) is 41.4. The van der Waals surface area contributed by atoms with Gasteiger partial charge in [-0.1, -0.05) is 286 Å². The largest absolute Gasteiger partial charge is 0.472 e. The Labute approximate surface area is 524 Å². The maximum Gasteiger partial charge on any atom is 0.472 e. The molecule has 3 unspecified atom stereocenters. The van der Waals surface area contributed by atoms with E-state index in [4.69, 9.17) is 37.0 Å². The number of esters is 4. The molecular weight excluding hydrogens is 1140 g/mol. The van der Waals surface area contributed by atoms with Gasteiger partial charge in [-0.05, 0) is 37.5 Å². The zero-order valence-corrected chi connectivity index (χ0v) is 57.4. The van der Waals surface area contributed by atoms with Crippen molar-refractivity contribution >= 4 is 39.5 Å². The van der Waals surface area contributed by atoms with Crippen LogP contribution in [0.3, 0.4) is 0 Å². The van der Waals surface area contributed by atoms with Gasteiger partial charge < -0.3 is 33.8 Å². The Bertz CT molecular complexity index is 1690. The fraction of sp³-hybridized carbons (Fsp3) is 0.940. The van der Waals surface area contributed by atoms with Crippen LogP contribution in [0.2, 0.25) is 0 Å². The van der Waals surface area contributed by atoms with Crippen molar-refractivity contribution in [1.82, 2.24) is 0 Å². The molecule has 17 nitrogen and oxygen atoms in total. The van der Waals surface area contributed by atoms with E-state index < -0.39 is 97.5 Å². The highest BCUT2D eigenvalue weighted by atomic mass is 31.2. The van der Waals surface area contributed by atoms with Crippen molar-refractivity contribution < 1.29 is 80.2 Å². The Morgan fingerprint density at radius 3 is 0.884 bits per heavy atom. The fourth-order valence-corrected chi connectivity index (χ4v) is 11.6. The number of carbonyl (C=O) groups is 4. The van der Waals surface area contributed by atoms with E-state index in [-0.39, 0.29) is 25.7 Å². The van der Waals surface area contributed by atoms with Crippen LogP contribution in [0.25, 0.3) is 0 Å². The third kappa shape index (κ3) is 59.7. The van der Waals surface area contributed by atoms with Crippen LogP contribution >= 0.6 is 15.6 Å². The summed E-state index contributed by atoms with van der Waals surface area (Å²) in [5, 5.41) is 10.5. The first kappa shape index (κ1) is 84.1. The highest BCUT2D eigenvalue weighted by Gasteiger charge is 2.30. The minimum Gasteiger partial charge on any atom is -0.462 e. The number of aliphatic hydroxyl groups is 1. The highest BCUT2D eigenvalue weighted by molar-refractivity contribution is 7.47. The van der Waals surface area contributed by atoms with Crippen LogP contribution in [0.1, 0.15) is 337 Å². The van der Waals surface area contributed by atoms with Crippen molar-refractivity contribution in [3.8, 4) is 0 Å². The standard InChI is InChI=1S/C67H130O17P2/c1-7-10-12-14-15-16-20-28-33-39-45-51-66(71)83-62(55-77-64(69)49-43-35-13-11-8-2)57-81-85(73,74)79-53-61(68)54-80-86(75,76)82-58-63(56-78-65(70)50-44-38-32-27-24-23-26-31-37-42-48-60(6)9-3)84-67(72)52-46-40-34-29-22-19-17-18-21-25-30-36-41-47-59(4)5/h59-63,68H,7-58H2,1-6H3,(H,73,74)(H,75,76)/t60?,61-,62+,63+/m0/s1. The predicted molar refractivity (Wildman–Crippen MR) is 345 cm³/mol. The van der Waals surface area contributed by atoms with Gasteiger partial charge in [0.15, 0.2) is 12.2 Å². The number of rotatable bonds is 66. The molecule has 0 bridgehead atoms. The lowest BCUT2D eigenvalue weighted by molar-refractivity contribution is -0.161. The third-order valence-electron chi connectivity index (χ3n) is 15.8. The maximum absolute atomic E-state index is 13.0. The number of phosphoric ester groups is 2. The van der Waals surface area contributed by atoms with Crippen LogP contribution in [0.5, 0.6) is 0 Å². The second-order valence-corrected chi connectivity index (χ2v) is 27.8. The molecule has 0 rings (SSSR count). The number of unbranched alkanes of at least 4 members (excludes halogenated alkanes) is 35. The van der Waals surface area contributed by atoms with E-state index in [9.17, 15) is 43.2 Å². The highest BCUT2D eigenvalue weighted by Crippen LogP contribution is 2.45. The minimum absolute atomic E-state index is 0.106. The van der Waals surface area contributed by atoms with Crippen molar-refractivity contribution in [1.29, 1.82) is 0 Å². The van der Waals surface area contributed by atoms with Crippen molar-refractivity contribution in [2.45, 2.75) is 355 Å². The summed E-state index contributed by atoms with van der Waals surface area (Å²) in [5.74, 6) is -0.542.